The van der Waals surface area contributed by atoms with E-state index in [2.05, 4.69) is 21.2 Å². The van der Waals surface area contributed by atoms with E-state index in [1.54, 1.807) is 24.3 Å². The van der Waals surface area contributed by atoms with E-state index in [9.17, 15) is 18.8 Å². The predicted molar refractivity (Wildman–Crippen MR) is 116 cm³/mol. The van der Waals surface area contributed by atoms with E-state index in [0.29, 0.717) is 23.5 Å². The zero-order chi connectivity index (χ0) is 22.8. The van der Waals surface area contributed by atoms with Crippen LogP contribution in [0.4, 0.5) is 10.1 Å². The van der Waals surface area contributed by atoms with Gasteiger partial charge in [-0.25, -0.2) is 9.82 Å². The molecular formula is C21H22ClFN4O4. The maximum atomic E-state index is 13.2. The summed E-state index contributed by atoms with van der Waals surface area (Å²) in [5, 5.41) is 8.65. The van der Waals surface area contributed by atoms with Crippen molar-refractivity contribution in [2.75, 3.05) is 18.5 Å². The first-order chi connectivity index (χ1) is 14.8. The summed E-state index contributed by atoms with van der Waals surface area (Å²) in [7, 11) is 0. The highest BCUT2D eigenvalue weighted by molar-refractivity contribution is 6.35. The number of ether oxygens (including phenoxy) is 1. The molecular weight excluding hydrogens is 427 g/mol. The Labute approximate surface area is 183 Å². The Hall–Kier alpha value is -3.46. The first-order valence-electron chi connectivity index (χ1n) is 9.34. The molecule has 3 amide bonds. The zero-order valence-electron chi connectivity index (χ0n) is 16.9. The number of hydrogen-bond donors (Lipinski definition) is 3. The maximum Gasteiger partial charge on any atom is 0.329 e. The molecule has 0 aliphatic carbocycles. The van der Waals surface area contributed by atoms with Crippen molar-refractivity contribution >= 4 is 41.2 Å². The van der Waals surface area contributed by atoms with Gasteiger partial charge in [0.2, 0.25) is 0 Å². The van der Waals surface area contributed by atoms with Crippen LogP contribution in [0.3, 0.4) is 0 Å². The molecule has 31 heavy (non-hydrogen) atoms. The van der Waals surface area contributed by atoms with Crippen LogP contribution < -0.4 is 20.8 Å². The molecule has 2 aromatic carbocycles. The monoisotopic (exact) mass is 448 g/mol. The van der Waals surface area contributed by atoms with Gasteiger partial charge < -0.3 is 15.4 Å². The molecule has 8 nitrogen and oxygen atoms in total. The molecule has 3 N–H and O–H groups in total. The Morgan fingerprint density at radius 1 is 1.16 bits per heavy atom. The van der Waals surface area contributed by atoms with Crippen LogP contribution in [0.25, 0.3) is 0 Å². The highest BCUT2D eigenvalue weighted by Crippen LogP contribution is 2.20. The van der Waals surface area contributed by atoms with Gasteiger partial charge in [-0.05, 0) is 36.2 Å². The van der Waals surface area contributed by atoms with Gasteiger partial charge in [-0.3, -0.25) is 14.4 Å². The number of benzene rings is 2. The van der Waals surface area contributed by atoms with E-state index < -0.39 is 23.5 Å². The number of para-hydroxylation sites is 1. The topological polar surface area (TPSA) is 109 Å². The molecule has 164 valence electrons. The second-order valence-corrected chi connectivity index (χ2v) is 7.21. The molecule has 0 aliphatic rings. The Morgan fingerprint density at radius 3 is 2.61 bits per heavy atom. The van der Waals surface area contributed by atoms with Crippen molar-refractivity contribution in [3.05, 3.63) is 58.9 Å². The molecule has 0 spiro atoms. The summed E-state index contributed by atoms with van der Waals surface area (Å²) in [6.07, 6.45) is 1.29. The summed E-state index contributed by atoms with van der Waals surface area (Å²) in [6, 6.07) is 10.5. The smallest absolute Gasteiger partial charge is 0.329 e. The molecule has 0 fully saturated rings. The molecule has 0 bridgehead atoms. The number of halogens is 2. The Morgan fingerprint density at radius 2 is 1.90 bits per heavy atom. The van der Waals surface area contributed by atoms with Gasteiger partial charge in [0.1, 0.15) is 11.6 Å². The van der Waals surface area contributed by atoms with Gasteiger partial charge in [0.15, 0.2) is 6.61 Å². The third-order valence-electron chi connectivity index (χ3n) is 3.73. The van der Waals surface area contributed by atoms with E-state index in [0.717, 1.165) is 6.07 Å². The van der Waals surface area contributed by atoms with Gasteiger partial charge in [0, 0.05) is 17.8 Å². The molecule has 0 saturated heterocycles. The second-order valence-electron chi connectivity index (χ2n) is 6.81. The molecule has 0 unspecified atom stereocenters. The lowest BCUT2D eigenvalue weighted by Crippen LogP contribution is -2.39. The highest BCUT2D eigenvalue weighted by atomic mass is 35.5. The minimum absolute atomic E-state index is 0.111. The number of nitrogens with zero attached hydrogens (tertiary/aromatic N) is 1. The van der Waals surface area contributed by atoms with E-state index in [4.69, 9.17) is 16.3 Å². The van der Waals surface area contributed by atoms with E-state index >= 15 is 0 Å². The lowest BCUT2D eigenvalue weighted by molar-refractivity contribution is -0.139. The van der Waals surface area contributed by atoms with Crippen LogP contribution in [0.15, 0.2) is 47.6 Å². The number of amides is 3. The molecule has 0 saturated carbocycles. The first kappa shape index (κ1) is 23.8. The average molecular weight is 449 g/mol. The number of hydrazone groups is 1. The van der Waals surface area contributed by atoms with Crippen molar-refractivity contribution in [3.63, 3.8) is 0 Å². The van der Waals surface area contributed by atoms with Gasteiger partial charge in [0.05, 0.1) is 11.2 Å². The maximum absolute atomic E-state index is 13.2. The minimum Gasteiger partial charge on any atom is -0.483 e. The van der Waals surface area contributed by atoms with E-state index in [-0.39, 0.29) is 17.5 Å². The largest absolute Gasteiger partial charge is 0.483 e. The third kappa shape index (κ3) is 8.06. The van der Waals surface area contributed by atoms with Crippen LogP contribution in [0.5, 0.6) is 5.75 Å². The molecule has 0 heterocycles. The van der Waals surface area contributed by atoms with Gasteiger partial charge in [0.25, 0.3) is 5.91 Å². The summed E-state index contributed by atoms with van der Waals surface area (Å²) in [4.78, 5) is 35.4. The lowest BCUT2D eigenvalue weighted by atomic mass is 10.2. The van der Waals surface area contributed by atoms with Gasteiger partial charge in [-0.1, -0.05) is 37.6 Å². The van der Waals surface area contributed by atoms with Crippen molar-refractivity contribution < 1.29 is 23.5 Å². The normalized spacial score (nSPS) is 10.7. The number of hydrogen-bond acceptors (Lipinski definition) is 5. The Bertz CT molecular complexity index is 982. The number of anilines is 1. The molecule has 0 aliphatic heterocycles. The van der Waals surface area contributed by atoms with Crippen LogP contribution in [0, 0.1) is 11.7 Å². The van der Waals surface area contributed by atoms with Crippen molar-refractivity contribution in [2.45, 2.75) is 13.8 Å². The number of rotatable bonds is 8. The van der Waals surface area contributed by atoms with Crippen LogP contribution in [-0.2, 0) is 14.4 Å². The van der Waals surface area contributed by atoms with Crippen molar-refractivity contribution in [2.24, 2.45) is 11.0 Å². The first-order valence-corrected chi connectivity index (χ1v) is 9.72. The van der Waals surface area contributed by atoms with Crippen molar-refractivity contribution in [3.8, 4) is 5.75 Å². The van der Waals surface area contributed by atoms with Gasteiger partial charge >= 0.3 is 11.8 Å². The quantitative estimate of drug-likeness (QED) is 0.327. The van der Waals surface area contributed by atoms with Gasteiger partial charge in [-0.2, -0.15) is 5.10 Å². The molecule has 2 rings (SSSR count). The summed E-state index contributed by atoms with van der Waals surface area (Å²) >= 11 is 5.69. The van der Waals surface area contributed by atoms with Crippen LogP contribution in [0.2, 0.25) is 5.02 Å². The number of carbonyl (C=O) groups is 3. The number of nitrogens with one attached hydrogen (secondary N) is 3. The third-order valence-corrected chi connectivity index (χ3v) is 4.02. The summed E-state index contributed by atoms with van der Waals surface area (Å²) < 4.78 is 18.7. The van der Waals surface area contributed by atoms with E-state index in [1.165, 1.54) is 18.3 Å². The fourth-order valence-corrected chi connectivity index (χ4v) is 2.40. The summed E-state index contributed by atoms with van der Waals surface area (Å²) in [5.74, 6) is -2.21. The molecule has 10 heteroatoms. The SMILES string of the molecule is CC(C)CNC(=O)C(=O)N/N=C\c1ccccc1OCC(=O)Nc1ccc(F)c(Cl)c1. The Kier molecular flexibility index (Phi) is 8.95. The zero-order valence-corrected chi connectivity index (χ0v) is 17.7. The Balaban J connectivity index is 1.90. The molecule has 0 radical (unpaired) electrons. The van der Waals surface area contributed by atoms with Gasteiger partial charge in [-0.15, -0.1) is 0 Å². The lowest BCUT2D eigenvalue weighted by Gasteiger charge is -2.10. The molecule has 2 aromatic rings. The fraction of sp³-hybridized carbons (Fsp3) is 0.238. The van der Waals surface area contributed by atoms with Crippen LogP contribution in [0.1, 0.15) is 19.4 Å². The molecule has 0 aromatic heterocycles. The van der Waals surface area contributed by atoms with E-state index in [1.807, 2.05) is 13.8 Å². The van der Waals surface area contributed by atoms with Crippen LogP contribution in [-0.4, -0.2) is 37.1 Å². The highest BCUT2D eigenvalue weighted by Gasteiger charge is 2.12. The van der Waals surface area contributed by atoms with Crippen LogP contribution >= 0.6 is 11.6 Å². The second kappa shape index (κ2) is 11.7. The predicted octanol–water partition coefficient (Wildman–Crippen LogP) is 2.72. The standard InChI is InChI=1S/C21H22ClFN4O4/c1-13(2)10-24-20(29)21(30)27-25-11-14-5-3-4-6-18(14)31-12-19(28)26-15-7-8-17(23)16(22)9-15/h3-9,11,13H,10,12H2,1-2H3,(H,24,29)(H,26,28)(H,27,30)/b25-11-. The number of carbonyl (C=O) groups excluding carboxylic acids is 3. The van der Waals surface area contributed by atoms with Crippen molar-refractivity contribution in [1.82, 2.24) is 10.7 Å². The van der Waals surface area contributed by atoms with Crippen molar-refractivity contribution in [1.29, 1.82) is 0 Å². The average Bonchev–Trinajstić information content (AvgIpc) is 2.73. The fourth-order valence-electron chi connectivity index (χ4n) is 2.22. The summed E-state index contributed by atoms with van der Waals surface area (Å²) in [6.45, 7) is 3.85. The molecule has 0 atom stereocenters. The minimum atomic E-state index is -0.896. The summed E-state index contributed by atoms with van der Waals surface area (Å²) in [5.41, 5.74) is 2.93.